The maximum absolute atomic E-state index is 12.2. The maximum Gasteiger partial charge on any atom is 0.355 e. The van der Waals surface area contributed by atoms with E-state index in [-0.39, 0.29) is 11.4 Å². The first-order valence-electron chi connectivity index (χ1n) is 7.51. The number of carbonyl (C=O) groups excluding carboxylic acids is 1. The molecule has 0 aliphatic rings. The van der Waals surface area contributed by atoms with E-state index in [0.717, 1.165) is 0 Å². The van der Waals surface area contributed by atoms with Crippen LogP contribution in [0.4, 0.5) is 5.69 Å². The lowest BCUT2D eigenvalue weighted by atomic mass is 10.0. The first kappa shape index (κ1) is 17.9. The second-order valence-electron chi connectivity index (χ2n) is 5.06. The normalized spacial score (nSPS) is 12.1. The number of nitrogens with zero attached hydrogens (tertiary/aromatic N) is 1. The van der Waals surface area contributed by atoms with Crippen molar-refractivity contribution in [3.8, 4) is 11.3 Å². The number of rotatable bonds is 6. The summed E-state index contributed by atoms with van der Waals surface area (Å²) in [5.41, 5.74) is 2.43. The van der Waals surface area contributed by atoms with E-state index in [2.05, 4.69) is 34.9 Å². The topological polar surface area (TPSA) is 87.3 Å². The molecule has 0 fully saturated rings. The predicted octanol–water partition coefficient (Wildman–Crippen LogP) is 3.25. The molecule has 2 aromatic heterocycles. The van der Waals surface area contributed by atoms with Crippen molar-refractivity contribution in [1.29, 1.82) is 0 Å². The highest BCUT2D eigenvalue weighted by Gasteiger charge is 2.25. The standard InChI is InChI=1S/C19H19N3O3/c1-6-10-12-14(9-4)20-17(16(12)22-24)15-11(7-2)13(8-3)21-18(15)19(23)25-5/h6-10,20-21H,1-3H2,4-5H3/b12-10+,14-9+. The third kappa shape index (κ3) is 2.89. The van der Waals surface area contributed by atoms with Crippen molar-refractivity contribution in [2.24, 2.45) is 5.18 Å². The van der Waals surface area contributed by atoms with E-state index in [4.69, 9.17) is 4.74 Å². The number of methoxy groups -OCH3 is 1. The molecule has 0 saturated heterocycles. The molecular formula is C19H19N3O3. The fourth-order valence-corrected chi connectivity index (χ4v) is 2.74. The summed E-state index contributed by atoms with van der Waals surface area (Å²) in [6.07, 6.45) is 8.19. The van der Waals surface area contributed by atoms with Gasteiger partial charge in [0.15, 0.2) is 0 Å². The van der Waals surface area contributed by atoms with Crippen molar-refractivity contribution in [2.75, 3.05) is 7.11 Å². The minimum absolute atomic E-state index is 0.177. The van der Waals surface area contributed by atoms with Crippen molar-refractivity contribution in [1.82, 2.24) is 9.97 Å². The van der Waals surface area contributed by atoms with Crippen LogP contribution in [0.5, 0.6) is 0 Å². The first-order chi connectivity index (χ1) is 12.1. The van der Waals surface area contributed by atoms with E-state index >= 15 is 0 Å². The van der Waals surface area contributed by atoms with Gasteiger partial charge in [-0.25, -0.2) is 4.79 Å². The fourth-order valence-electron chi connectivity index (χ4n) is 2.74. The lowest BCUT2D eigenvalue weighted by molar-refractivity contribution is 0.0595. The van der Waals surface area contributed by atoms with E-state index < -0.39 is 5.97 Å². The van der Waals surface area contributed by atoms with Crippen LogP contribution >= 0.6 is 0 Å². The average Bonchev–Trinajstić information content (AvgIpc) is 3.18. The molecular weight excluding hydrogens is 318 g/mol. The summed E-state index contributed by atoms with van der Waals surface area (Å²) in [6, 6.07) is 0. The van der Waals surface area contributed by atoms with Crippen LogP contribution in [0.3, 0.4) is 0 Å². The highest BCUT2D eigenvalue weighted by atomic mass is 16.5. The molecule has 0 unspecified atom stereocenters. The minimum Gasteiger partial charge on any atom is -0.464 e. The van der Waals surface area contributed by atoms with E-state index in [1.807, 2.05) is 6.92 Å². The third-order valence-corrected chi connectivity index (χ3v) is 3.82. The van der Waals surface area contributed by atoms with Gasteiger partial charge in [-0.2, -0.15) is 0 Å². The number of nitroso groups, excluding NO2 is 1. The van der Waals surface area contributed by atoms with Gasteiger partial charge < -0.3 is 14.7 Å². The van der Waals surface area contributed by atoms with Crippen LogP contribution in [0.2, 0.25) is 0 Å². The summed E-state index contributed by atoms with van der Waals surface area (Å²) in [5, 5.41) is 4.45. The molecule has 2 aromatic rings. The molecule has 0 saturated carbocycles. The molecule has 2 N–H and O–H groups in total. The number of nitrogens with one attached hydrogen (secondary N) is 2. The number of hydrogen-bond donors (Lipinski definition) is 2. The van der Waals surface area contributed by atoms with E-state index in [9.17, 15) is 9.70 Å². The molecule has 6 heteroatoms. The highest BCUT2D eigenvalue weighted by molar-refractivity contribution is 6.01. The molecule has 128 valence electrons. The molecule has 6 nitrogen and oxygen atoms in total. The summed E-state index contributed by atoms with van der Waals surface area (Å²) in [6.45, 7) is 13.0. The molecule has 2 rings (SSSR count). The molecule has 0 radical (unpaired) electrons. The van der Waals surface area contributed by atoms with Crippen molar-refractivity contribution >= 4 is 36.0 Å². The zero-order valence-electron chi connectivity index (χ0n) is 14.2. The summed E-state index contributed by atoms with van der Waals surface area (Å²) >= 11 is 0. The second kappa shape index (κ2) is 7.44. The SMILES string of the molecule is C=C/C=c1/c(N=O)c(-c2c(C(=O)OC)[nH]c(C=C)c2C=C)[nH]/c1=C/C. The van der Waals surface area contributed by atoms with Crippen molar-refractivity contribution in [3.05, 3.63) is 58.2 Å². The van der Waals surface area contributed by atoms with Crippen LogP contribution in [0, 0.1) is 4.91 Å². The largest absolute Gasteiger partial charge is 0.464 e. The molecule has 0 aliphatic carbocycles. The summed E-state index contributed by atoms with van der Waals surface area (Å²) < 4.78 is 4.85. The van der Waals surface area contributed by atoms with Gasteiger partial charge in [0.2, 0.25) is 0 Å². The van der Waals surface area contributed by atoms with Crippen LogP contribution in [0.15, 0.2) is 31.0 Å². The van der Waals surface area contributed by atoms with Crippen LogP contribution in [0.1, 0.15) is 28.7 Å². The highest BCUT2D eigenvalue weighted by Crippen LogP contribution is 2.35. The Morgan fingerprint density at radius 2 is 1.92 bits per heavy atom. The van der Waals surface area contributed by atoms with Gasteiger partial charge in [-0.3, -0.25) is 0 Å². The Hall–Kier alpha value is -3.41. The zero-order valence-corrected chi connectivity index (χ0v) is 14.2. The zero-order chi connectivity index (χ0) is 18.6. The lowest BCUT2D eigenvalue weighted by Crippen LogP contribution is -2.21. The predicted molar refractivity (Wildman–Crippen MR) is 102 cm³/mol. The third-order valence-electron chi connectivity index (χ3n) is 3.82. The molecule has 25 heavy (non-hydrogen) atoms. The van der Waals surface area contributed by atoms with Crippen LogP contribution in [-0.4, -0.2) is 23.0 Å². The van der Waals surface area contributed by atoms with Gasteiger partial charge in [0.25, 0.3) is 0 Å². The number of hydrogen-bond acceptors (Lipinski definition) is 4. The molecule has 0 aromatic carbocycles. The Kier molecular flexibility index (Phi) is 5.34. The smallest absolute Gasteiger partial charge is 0.355 e. The number of carbonyl (C=O) groups is 1. The van der Waals surface area contributed by atoms with Crippen LogP contribution < -0.4 is 10.6 Å². The fraction of sp³-hybridized carbons (Fsp3) is 0.105. The number of esters is 1. The van der Waals surface area contributed by atoms with Gasteiger partial charge in [0.1, 0.15) is 11.4 Å². The lowest BCUT2D eigenvalue weighted by Gasteiger charge is -2.03. The second-order valence-corrected chi connectivity index (χ2v) is 5.06. The Morgan fingerprint density at radius 3 is 2.40 bits per heavy atom. The van der Waals surface area contributed by atoms with Gasteiger partial charge in [0, 0.05) is 27.4 Å². The Bertz CT molecular complexity index is 990. The van der Waals surface area contributed by atoms with Gasteiger partial charge >= 0.3 is 5.97 Å². The Balaban J connectivity index is 3.04. The van der Waals surface area contributed by atoms with Crippen molar-refractivity contribution in [3.63, 3.8) is 0 Å². The summed E-state index contributed by atoms with van der Waals surface area (Å²) in [4.78, 5) is 29.9. The van der Waals surface area contributed by atoms with Crippen molar-refractivity contribution in [2.45, 2.75) is 6.92 Å². The summed E-state index contributed by atoms with van der Waals surface area (Å²) in [7, 11) is 1.28. The van der Waals surface area contributed by atoms with E-state index in [0.29, 0.717) is 33.1 Å². The molecule has 0 aliphatic heterocycles. The van der Waals surface area contributed by atoms with E-state index in [1.165, 1.54) is 7.11 Å². The van der Waals surface area contributed by atoms with Gasteiger partial charge in [-0.1, -0.05) is 44.0 Å². The molecule has 0 atom stereocenters. The molecule has 0 amide bonds. The Labute approximate surface area is 144 Å². The number of ether oxygens (including phenoxy) is 1. The monoisotopic (exact) mass is 337 g/mol. The van der Waals surface area contributed by atoms with Gasteiger partial charge in [0.05, 0.1) is 12.8 Å². The molecule has 0 spiro atoms. The number of aromatic amines is 2. The van der Waals surface area contributed by atoms with E-state index in [1.54, 1.807) is 30.4 Å². The minimum atomic E-state index is -0.575. The molecule has 2 heterocycles. The average molecular weight is 337 g/mol. The first-order valence-corrected chi connectivity index (χ1v) is 7.51. The van der Waals surface area contributed by atoms with Crippen LogP contribution in [-0.2, 0) is 4.74 Å². The van der Waals surface area contributed by atoms with Crippen molar-refractivity contribution < 1.29 is 9.53 Å². The van der Waals surface area contributed by atoms with Crippen LogP contribution in [0.25, 0.3) is 35.6 Å². The molecule has 0 bridgehead atoms. The number of aromatic nitrogens is 2. The number of allylic oxidation sites excluding steroid dienone is 1. The quantitative estimate of drug-likeness (QED) is 0.626. The van der Waals surface area contributed by atoms with Gasteiger partial charge in [-0.15, -0.1) is 4.91 Å². The Morgan fingerprint density at radius 1 is 1.20 bits per heavy atom. The summed E-state index contributed by atoms with van der Waals surface area (Å²) in [5.74, 6) is -0.575. The maximum atomic E-state index is 12.2. The van der Waals surface area contributed by atoms with Gasteiger partial charge in [-0.05, 0) is 18.2 Å². The number of H-pyrrole nitrogens is 2.